The third-order valence-corrected chi connectivity index (χ3v) is 2.69. The number of benzene rings is 1. The summed E-state index contributed by atoms with van der Waals surface area (Å²) in [5.74, 6) is -4.19. The summed E-state index contributed by atoms with van der Waals surface area (Å²) < 4.78 is 27.1. The lowest BCUT2D eigenvalue weighted by Crippen LogP contribution is -2.25. The van der Waals surface area contributed by atoms with Crippen LogP contribution in [0, 0.1) is 17.0 Å². The van der Waals surface area contributed by atoms with E-state index in [-0.39, 0.29) is 17.6 Å². The zero-order valence-electron chi connectivity index (χ0n) is 11.7. The van der Waals surface area contributed by atoms with Crippen LogP contribution in [0.3, 0.4) is 0 Å². The Balaban J connectivity index is 2.75. The Morgan fingerprint density at radius 2 is 1.90 bits per heavy atom. The summed E-state index contributed by atoms with van der Waals surface area (Å²) in [6.45, 7) is 5.93. The van der Waals surface area contributed by atoms with E-state index in [2.05, 4.69) is 5.32 Å². The number of aliphatic hydroxyl groups is 1. The van der Waals surface area contributed by atoms with Crippen molar-refractivity contribution in [3.8, 4) is 0 Å². The number of rotatable bonds is 5. The number of aromatic carboxylic acids is 1. The predicted octanol–water partition coefficient (Wildman–Crippen LogP) is 2.87. The minimum atomic E-state index is -1.53. The molecule has 0 heterocycles. The van der Waals surface area contributed by atoms with Crippen LogP contribution in [0.4, 0.5) is 14.5 Å². The summed E-state index contributed by atoms with van der Waals surface area (Å²) in [4.78, 5) is 10.6. The summed E-state index contributed by atoms with van der Waals surface area (Å²) >= 11 is 0. The van der Waals surface area contributed by atoms with Crippen molar-refractivity contribution in [3.63, 3.8) is 0 Å². The van der Waals surface area contributed by atoms with Gasteiger partial charge in [0.05, 0.1) is 17.4 Å². The molecular weight excluding hydrogens is 268 g/mol. The molecule has 0 aliphatic heterocycles. The molecule has 20 heavy (non-hydrogen) atoms. The van der Waals surface area contributed by atoms with Gasteiger partial charge in [-0.15, -0.1) is 0 Å². The first-order valence-electron chi connectivity index (χ1n) is 6.25. The molecule has 4 nitrogen and oxygen atoms in total. The van der Waals surface area contributed by atoms with E-state index in [9.17, 15) is 18.7 Å². The molecule has 3 N–H and O–H groups in total. The molecule has 0 aliphatic carbocycles. The van der Waals surface area contributed by atoms with E-state index in [1.807, 2.05) is 20.8 Å². The maximum Gasteiger partial charge on any atom is 0.338 e. The SMILES string of the molecule is CC(C)(C)CC(O)CNc1ccc(C(=O)O)c(F)c1F. The molecule has 0 amide bonds. The second-order valence-electron chi connectivity index (χ2n) is 5.89. The number of anilines is 1. The Kier molecular flexibility index (Phi) is 5.05. The fraction of sp³-hybridized carbons (Fsp3) is 0.500. The first kappa shape index (κ1) is 16.4. The maximum absolute atomic E-state index is 13.6. The second kappa shape index (κ2) is 6.17. The molecular formula is C14H19F2NO3. The van der Waals surface area contributed by atoms with E-state index in [4.69, 9.17) is 5.11 Å². The highest BCUT2D eigenvalue weighted by Crippen LogP contribution is 2.23. The third kappa shape index (κ3) is 4.45. The van der Waals surface area contributed by atoms with Gasteiger partial charge in [0, 0.05) is 6.54 Å². The molecule has 0 bridgehead atoms. The van der Waals surface area contributed by atoms with Gasteiger partial charge < -0.3 is 15.5 Å². The van der Waals surface area contributed by atoms with Crippen LogP contribution in [0.15, 0.2) is 12.1 Å². The Bertz CT molecular complexity index is 498. The average Bonchev–Trinajstić information content (AvgIpc) is 2.28. The Hall–Kier alpha value is -1.69. The van der Waals surface area contributed by atoms with Crippen LogP contribution in [-0.4, -0.2) is 28.8 Å². The zero-order chi connectivity index (χ0) is 15.5. The van der Waals surface area contributed by atoms with Crippen LogP contribution in [0.5, 0.6) is 0 Å². The molecule has 112 valence electrons. The lowest BCUT2D eigenvalue weighted by Gasteiger charge is -2.23. The molecule has 0 saturated heterocycles. The number of carboxylic acid groups (broad SMARTS) is 1. The first-order valence-corrected chi connectivity index (χ1v) is 6.25. The summed E-state index contributed by atoms with van der Waals surface area (Å²) in [5, 5.41) is 21.0. The van der Waals surface area contributed by atoms with E-state index in [0.717, 1.165) is 12.1 Å². The summed E-state index contributed by atoms with van der Waals surface area (Å²) in [6, 6.07) is 2.13. The Morgan fingerprint density at radius 3 is 2.40 bits per heavy atom. The first-order chi connectivity index (χ1) is 9.11. The summed E-state index contributed by atoms with van der Waals surface area (Å²) in [5.41, 5.74) is -0.971. The van der Waals surface area contributed by atoms with E-state index < -0.39 is 29.3 Å². The predicted molar refractivity (Wildman–Crippen MR) is 71.9 cm³/mol. The van der Waals surface area contributed by atoms with E-state index in [0.29, 0.717) is 6.42 Å². The highest BCUT2D eigenvalue weighted by atomic mass is 19.2. The zero-order valence-corrected chi connectivity index (χ0v) is 11.7. The van der Waals surface area contributed by atoms with Crippen LogP contribution in [-0.2, 0) is 0 Å². The van der Waals surface area contributed by atoms with Gasteiger partial charge >= 0.3 is 5.97 Å². The van der Waals surface area contributed by atoms with Crippen molar-refractivity contribution in [2.24, 2.45) is 5.41 Å². The maximum atomic E-state index is 13.6. The number of nitrogens with one attached hydrogen (secondary N) is 1. The molecule has 0 spiro atoms. The summed E-state index contributed by atoms with van der Waals surface area (Å²) in [6.07, 6.45) is -0.214. The Labute approximate surface area is 116 Å². The number of carbonyl (C=O) groups is 1. The summed E-state index contributed by atoms with van der Waals surface area (Å²) in [7, 11) is 0. The Morgan fingerprint density at radius 1 is 1.30 bits per heavy atom. The molecule has 0 aliphatic rings. The smallest absolute Gasteiger partial charge is 0.338 e. The largest absolute Gasteiger partial charge is 0.478 e. The minimum Gasteiger partial charge on any atom is -0.478 e. The van der Waals surface area contributed by atoms with Crippen molar-refractivity contribution in [1.82, 2.24) is 0 Å². The third-order valence-electron chi connectivity index (χ3n) is 2.69. The number of hydrogen-bond acceptors (Lipinski definition) is 3. The van der Waals surface area contributed by atoms with E-state index >= 15 is 0 Å². The molecule has 1 unspecified atom stereocenters. The monoisotopic (exact) mass is 287 g/mol. The van der Waals surface area contributed by atoms with Gasteiger partial charge in [0.2, 0.25) is 0 Å². The quantitative estimate of drug-likeness (QED) is 0.779. The molecule has 1 atom stereocenters. The normalized spacial score (nSPS) is 13.1. The van der Waals surface area contributed by atoms with Crippen molar-refractivity contribution in [1.29, 1.82) is 0 Å². The second-order valence-corrected chi connectivity index (χ2v) is 5.89. The van der Waals surface area contributed by atoms with E-state index in [1.54, 1.807) is 0 Å². The van der Waals surface area contributed by atoms with E-state index in [1.165, 1.54) is 0 Å². The highest BCUT2D eigenvalue weighted by molar-refractivity contribution is 5.88. The van der Waals surface area contributed by atoms with Crippen LogP contribution >= 0.6 is 0 Å². The van der Waals surface area contributed by atoms with Gasteiger partial charge in [-0.1, -0.05) is 20.8 Å². The van der Waals surface area contributed by atoms with Gasteiger partial charge in [0.1, 0.15) is 0 Å². The van der Waals surface area contributed by atoms with Crippen LogP contribution in [0.2, 0.25) is 0 Å². The lowest BCUT2D eigenvalue weighted by molar-refractivity contribution is 0.0690. The highest BCUT2D eigenvalue weighted by Gasteiger charge is 2.20. The number of halogens is 2. The molecule has 0 saturated carbocycles. The fourth-order valence-electron chi connectivity index (χ4n) is 1.86. The van der Waals surface area contributed by atoms with Gasteiger partial charge in [0.15, 0.2) is 11.6 Å². The van der Waals surface area contributed by atoms with Crippen LogP contribution in [0.25, 0.3) is 0 Å². The molecule has 6 heteroatoms. The standard InChI is InChI=1S/C14H19F2NO3/c1-14(2,3)6-8(18)7-17-10-5-4-9(13(19)20)11(15)12(10)16/h4-5,8,17-18H,6-7H2,1-3H3,(H,19,20). The van der Waals surface area contributed by atoms with Crippen molar-refractivity contribution in [3.05, 3.63) is 29.3 Å². The number of carboxylic acids is 1. The van der Waals surface area contributed by atoms with Gasteiger partial charge in [-0.25, -0.2) is 13.6 Å². The van der Waals surface area contributed by atoms with Gasteiger partial charge in [-0.3, -0.25) is 0 Å². The molecule has 1 aromatic rings. The molecule has 0 fully saturated rings. The number of hydrogen-bond donors (Lipinski definition) is 3. The average molecular weight is 287 g/mol. The van der Waals surface area contributed by atoms with Crippen molar-refractivity contribution in [2.45, 2.75) is 33.3 Å². The van der Waals surface area contributed by atoms with Gasteiger partial charge in [-0.2, -0.15) is 0 Å². The van der Waals surface area contributed by atoms with Crippen molar-refractivity contribution in [2.75, 3.05) is 11.9 Å². The fourth-order valence-corrected chi connectivity index (χ4v) is 1.86. The van der Waals surface area contributed by atoms with Gasteiger partial charge in [0.25, 0.3) is 0 Å². The minimum absolute atomic E-state index is 0.0556. The van der Waals surface area contributed by atoms with Crippen LogP contribution in [0.1, 0.15) is 37.6 Å². The molecule has 0 radical (unpaired) electrons. The number of aliphatic hydroxyl groups excluding tert-OH is 1. The topological polar surface area (TPSA) is 69.6 Å². The van der Waals surface area contributed by atoms with Crippen LogP contribution < -0.4 is 5.32 Å². The van der Waals surface area contributed by atoms with Crippen molar-refractivity contribution >= 4 is 11.7 Å². The molecule has 0 aromatic heterocycles. The lowest BCUT2D eigenvalue weighted by atomic mass is 9.89. The molecule has 1 rings (SSSR count). The van der Waals surface area contributed by atoms with Gasteiger partial charge in [-0.05, 0) is 24.0 Å². The molecule has 1 aromatic carbocycles. The van der Waals surface area contributed by atoms with Crippen molar-refractivity contribution < 1.29 is 23.8 Å².